The first-order valence-corrected chi connectivity index (χ1v) is 31.2. The molecule has 24 heteroatoms. The molecule has 1 heterocycles. The lowest BCUT2D eigenvalue weighted by molar-refractivity contribution is -0.155. The number of amides is 11. The van der Waals surface area contributed by atoms with E-state index < -0.39 is 155 Å². The molecule has 1 saturated heterocycles. The van der Waals surface area contributed by atoms with Gasteiger partial charge in [0.1, 0.15) is 66.5 Å². The molecule has 0 spiro atoms. The van der Waals surface area contributed by atoms with Crippen LogP contribution < -0.4 is 26.6 Å². The Bertz CT molecular complexity index is 2380. The van der Waals surface area contributed by atoms with Gasteiger partial charge in [0.2, 0.25) is 65.0 Å². The maximum Gasteiger partial charge on any atom is 0.248 e. The second-order valence-corrected chi connectivity index (χ2v) is 26.8. The standard InChI is InChI=1S/C63H113N11O13/c1-25-26-27-39(14)52(76)51-57(81)68-49(43(18)75)62(86)69(19)42(17)59(83)71(21)48(32-37(10)11)56(80)66-44(28-33(2)3)60(84)72(22)46(30-35(6)7)54(78)64-40(15)53(77)65-41(16)58(82)70(20)47(31-36(8)9)55(79)67-45(29-34(4)5)61(85)73(23)50(38(12)13)63(87)74(51)24/h25-26,33-52,75-76H,27-32H2,1-24H3,(H,64,78)(H,65,77)(H,66,80)(H,67,79)(H,68,81)/b26-25+/t39-,40+,41-,42-,43-,44+,45+,46+,47+,48+,49+,50+,51+,52-/m1/s1. The van der Waals surface area contributed by atoms with E-state index in [1.807, 2.05) is 69.2 Å². The normalized spacial score (nSPS) is 27.7. The zero-order valence-corrected chi connectivity index (χ0v) is 57.0. The van der Waals surface area contributed by atoms with Gasteiger partial charge in [0.25, 0.3) is 0 Å². The molecule has 1 rings (SSSR count). The lowest BCUT2D eigenvalue weighted by atomic mass is 9.91. The van der Waals surface area contributed by atoms with E-state index in [2.05, 4.69) is 26.6 Å². The third-order valence-electron chi connectivity index (χ3n) is 16.2. The van der Waals surface area contributed by atoms with Crippen LogP contribution in [-0.4, -0.2) is 226 Å². The summed E-state index contributed by atoms with van der Waals surface area (Å²) in [5.74, 6) is -10.4. The van der Waals surface area contributed by atoms with Crippen LogP contribution in [0.1, 0.15) is 163 Å². The highest BCUT2D eigenvalue weighted by molar-refractivity contribution is 6.00. The Kier molecular flexibility index (Phi) is 32.4. The van der Waals surface area contributed by atoms with Crippen LogP contribution in [0, 0.1) is 41.4 Å². The molecule has 0 aromatic carbocycles. The maximum absolute atomic E-state index is 15.1. The van der Waals surface area contributed by atoms with Crippen molar-refractivity contribution in [1.82, 2.24) is 56.0 Å². The summed E-state index contributed by atoms with van der Waals surface area (Å²) >= 11 is 0. The number of nitrogens with zero attached hydrogens (tertiary/aromatic N) is 6. The van der Waals surface area contributed by atoms with Gasteiger partial charge in [-0.3, -0.25) is 52.7 Å². The molecule has 14 atom stereocenters. The minimum Gasteiger partial charge on any atom is -0.391 e. The van der Waals surface area contributed by atoms with Gasteiger partial charge >= 0.3 is 0 Å². The highest BCUT2D eigenvalue weighted by Crippen LogP contribution is 2.24. The van der Waals surface area contributed by atoms with E-state index in [0.29, 0.717) is 0 Å². The van der Waals surface area contributed by atoms with Gasteiger partial charge in [-0.1, -0.05) is 102 Å². The molecule has 11 amide bonds. The van der Waals surface area contributed by atoms with Crippen molar-refractivity contribution in [2.45, 2.75) is 242 Å². The van der Waals surface area contributed by atoms with Crippen molar-refractivity contribution in [3.05, 3.63) is 12.2 Å². The number of likely N-dealkylation sites (N-methyl/N-ethyl adjacent to an activating group) is 6. The number of hydrogen-bond acceptors (Lipinski definition) is 13. The number of carbonyl (C=O) groups is 11. The molecule has 24 nitrogen and oxygen atoms in total. The van der Waals surface area contributed by atoms with E-state index in [1.54, 1.807) is 39.8 Å². The van der Waals surface area contributed by atoms with Crippen molar-refractivity contribution >= 4 is 65.0 Å². The fraction of sp³-hybridized carbons (Fsp3) is 0.794. The van der Waals surface area contributed by atoms with E-state index in [-0.39, 0.29) is 68.1 Å². The second kappa shape index (κ2) is 35.7. The lowest BCUT2D eigenvalue weighted by Crippen LogP contribution is -2.65. The molecule has 1 aliphatic heterocycles. The summed E-state index contributed by atoms with van der Waals surface area (Å²) in [5, 5.41) is 37.0. The SMILES string of the molecule is C/C=C/C[C@@H](C)[C@@H](O)[C@H]1C(=O)N[C@@H]([C@@H](C)O)C(=O)N(C)[C@H](C)C(=O)N(C)[C@@H](CC(C)C)C(=O)N[C@@H](CC(C)C)C(=O)N(C)[C@@H](CC(C)C)C(=O)N[C@@H](C)C(=O)N[C@H](C)C(=O)N(C)[C@@H](CC(C)C)C(=O)N[C@@H](CC(C)C)C(=O)N(C)[C@@H](C(C)C)C(=O)N1C. The average Bonchev–Trinajstić information content (AvgIpc) is 1.35. The van der Waals surface area contributed by atoms with Crippen LogP contribution in [0.5, 0.6) is 0 Å². The Morgan fingerprint density at radius 2 is 0.770 bits per heavy atom. The molecule has 1 aliphatic rings. The zero-order chi connectivity index (χ0) is 67.6. The van der Waals surface area contributed by atoms with Crippen LogP contribution in [-0.2, 0) is 52.7 Å². The lowest BCUT2D eigenvalue weighted by Gasteiger charge is -2.40. The molecule has 0 unspecified atom stereocenters. The molecule has 0 radical (unpaired) electrons. The number of carbonyl (C=O) groups excluding carboxylic acids is 11. The smallest absolute Gasteiger partial charge is 0.248 e. The summed E-state index contributed by atoms with van der Waals surface area (Å²) in [6.07, 6.45) is 1.17. The molecule has 7 N–H and O–H groups in total. The van der Waals surface area contributed by atoms with E-state index >= 15 is 4.79 Å². The van der Waals surface area contributed by atoms with Crippen LogP contribution in [0.4, 0.5) is 0 Å². The van der Waals surface area contributed by atoms with Crippen molar-refractivity contribution in [3.8, 4) is 0 Å². The third-order valence-corrected chi connectivity index (χ3v) is 16.2. The molecule has 498 valence electrons. The predicted molar refractivity (Wildman–Crippen MR) is 334 cm³/mol. The van der Waals surface area contributed by atoms with E-state index in [0.717, 1.165) is 9.80 Å². The molecule has 87 heavy (non-hydrogen) atoms. The maximum atomic E-state index is 15.1. The summed E-state index contributed by atoms with van der Waals surface area (Å²) in [5.41, 5.74) is 0. The van der Waals surface area contributed by atoms with Crippen LogP contribution in [0.3, 0.4) is 0 Å². The molecule has 0 aromatic rings. The third kappa shape index (κ3) is 22.7. The van der Waals surface area contributed by atoms with Gasteiger partial charge in [-0.15, -0.1) is 0 Å². The van der Waals surface area contributed by atoms with Crippen LogP contribution in [0.25, 0.3) is 0 Å². The number of aliphatic hydroxyl groups excluding tert-OH is 2. The largest absolute Gasteiger partial charge is 0.391 e. The number of hydrogen-bond donors (Lipinski definition) is 7. The molecule has 0 aromatic heterocycles. The minimum absolute atomic E-state index is 0.0931. The van der Waals surface area contributed by atoms with Crippen LogP contribution in [0.2, 0.25) is 0 Å². The van der Waals surface area contributed by atoms with Crippen molar-refractivity contribution in [3.63, 3.8) is 0 Å². The Labute approximate surface area is 519 Å². The van der Waals surface area contributed by atoms with Crippen molar-refractivity contribution in [2.75, 3.05) is 42.3 Å². The summed E-state index contributed by atoms with van der Waals surface area (Å²) in [4.78, 5) is 167. The van der Waals surface area contributed by atoms with Crippen molar-refractivity contribution in [2.24, 2.45) is 41.4 Å². The highest BCUT2D eigenvalue weighted by atomic mass is 16.3. The monoisotopic (exact) mass is 1230 g/mol. The topological polar surface area (TPSA) is 308 Å². The first-order valence-electron chi connectivity index (χ1n) is 31.2. The molecule has 0 saturated carbocycles. The average molecular weight is 1230 g/mol. The first-order chi connectivity index (χ1) is 40.1. The molecular weight excluding hydrogens is 1120 g/mol. The number of aliphatic hydroxyl groups is 2. The van der Waals surface area contributed by atoms with E-state index in [4.69, 9.17) is 0 Å². The van der Waals surface area contributed by atoms with Gasteiger partial charge in [0.05, 0.1) is 12.2 Å². The molecule has 1 fully saturated rings. The summed E-state index contributed by atoms with van der Waals surface area (Å²) < 4.78 is 0. The number of allylic oxidation sites excluding steroid dienone is 2. The minimum atomic E-state index is -1.76. The summed E-state index contributed by atoms with van der Waals surface area (Å²) in [6, 6.07) is -14.6. The molecular formula is C63H113N11O13. The van der Waals surface area contributed by atoms with Gasteiger partial charge in [-0.05, 0) is 115 Å². The quantitative estimate of drug-likeness (QED) is 0.110. The Hall–Kier alpha value is -6.17. The summed E-state index contributed by atoms with van der Waals surface area (Å²) in [6.45, 7) is 30.8. The molecule has 0 aliphatic carbocycles. The Balaban J connectivity index is 4.39. The Morgan fingerprint density at radius 3 is 1.16 bits per heavy atom. The van der Waals surface area contributed by atoms with Gasteiger partial charge in [0, 0.05) is 42.3 Å². The predicted octanol–water partition coefficient (Wildman–Crippen LogP) is 2.68. The summed E-state index contributed by atoms with van der Waals surface area (Å²) in [7, 11) is 8.18. The van der Waals surface area contributed by atoms with Gasteiger partial charge in [0.15, 0.2) is 0 Å². The van der Waals surface area contributed by atoms with Crippen molar-refractivity contribution in [1.29, 1.82) is 0 Å². The molecule has 0 bridgehead atoms. The van der Waals surface area contributed by atoms with Crippen LogP contribution >= 0.6 is 0 Å². The fourth-order valence-electron chi connectivity index (χ4n) is 10.9. The number of rotatable bonds is 16. The van der Waals surface area contributed by atoms with Crippen LogP contribution in [0.15, 0.2) is 12.2 Å². The van der Waals surface area contributed by atoms with E-state index in [9.17, 15) is 58.2 Å². The highest BCUT2D eigenvalue weighted by Gasteiger charge is 2.46. The van der Waals surface area contributed by atoms with Gasteiger partial charge in [-0.25, -0.2) is 0 Å². The van der Waals surface area contributed by atoms with Gasteiger partial charge < -0.3 is 66.2 Å². The zero-order valence-electron chi connectivity index (χ0n) is 57.0. The van der Waals surface area contributed by atoms with E-state index in [1.165, 1.54) is 89.6 Å². The second-order valence-electron chi connectivity index (χ2n) is 26.8. The fourth-order valence-corrected chi connectivity index (χ4v) is 10.9. The first kappa shape index (κ1) is 78.8. The van der Waals surface area contributed by atoms with Crippen molar-refractivity contribution < 1.29 is 63.0 Å². The van der Waals surface area contributed by atoms with Gasteiger partial charge in [-0.2, -0.15) is 0 Å². The Morgan fingerprint density at radius 1 is 0.402 bits per heavy atom. The number of nitrogens with one attached hydrogen (secondary N) is 5.